The van der Waals surface area contributed by atoms with Crippen molar-refractivity contribution < 1.29 is 24.2 Å². The van der Waals surface area contributed by atoms with Crippen molar-refractivity contribution in [2.45, 2.75) is 25.8 Å². The number of benzene rings is 1. The molecule has 0 aliphatic carbocycles. The highest BCUT2D eigenvalue weighted by Crippen LogP contribution is 2.09. The van der Waals surface area contributed by atoms with Crippen LogP contribution in [-0.4, -0.2) is 48.1 Å². The molecule has 1 atom stereocenters. The SMILES string of the molecule is COC(=O)c1ccc(CCC(=O)N(C)C(C)C(=O)O)cc1. The maximum absolute atomic E-state index is 11.9. The summed E-state index contributed by atoms with van der Waals surface area (Å²) in [6.45, 7) is 1.46. The van der Waals surface area contributed by atoms with Crippen LogP contribution < -0.4 is 0 Å². The maximum Gasteiger partial charge on any atom is 0.337 e. The number of ether oxygens (including phenoxy) is 1. The molecule has 0 bridgehead atoms. The second-order valence-corrected chi connectivity index (χ2v) is 4.71. The lowest BCUT2D eigenvalue weighted by Gasteiger charge is -2.21. The average molecular weight is 293 g/mol. The number of carbonyl (C=O) groups is 3. The van der Waals surface area contributed by atoms with Gasteiger partial charge in [0, 0.05) is 13.5 Å². The van der Waals surface area contributed by atoms with Crippen LogP contribution in [0, 0.1) is 0 Å². The summed E-state index contributed by atoms with van der Waals surface area (Å²) < 4.78 is 4.60. The van der Waals surface area contributed by atoms with E-state index in [0.717, 1.165) is 5.56 Å². The van der Waals surface area contributed by atoms with E-state index in [2.05, 4.69) is 4.74 Å². The summed E-state index contributed by atoms with van der Waals surface area (Å²) in [6, 6.07) is 5.92. The van der Waals surface area contributed by atoms with Crippen molar-refractivity contribution in [3.63, 3.8) is 0 Å². The van der Waals surface area contributed by atoms with Crippen molar-refractivity contribution in [3.05, 3.63) is 35.4 Å². The minimum Gasteiger partial charge on any atom is -0.480 e. The molecular weight excluding hydrogens is 274 g/mol. The lowest BCUT2D eigenvalue weighted by molar-refractivity contribution is -0.148. The van der Waals surface area contributed by atoms with E-state index in [0.29, 0.717) is 12.0 Å². The highest BCUT2D eigenvalue weighted by atomic mass is 16.5. The first kappa shape index (κ1) is 16.7. The van der Waals surface area contributed by atoms with Gasteiger partial charge in [-0.3, -0.25) is 4.79 Å². The second kappa shape index (κ2) is 7.42. The monoisotopic (exact) mass is 293 g/mol. The van der Waals surface area contributed by atoms with Gasteiger partial charge in [-0.1, -0.05) is 12.1 Å². The molecule has 0 radical (unpaired) electrons. The van der Waals surface area contributed by atoms with E-state index in [1.54, 1.807) is 24.3 Å². The third-order valence-corrected chi connectivity index (χ3v) is 3.33. The highest BCUT2D eigenvalue weighted by molar-refractivity contribution is 5.89. The first-order valence-electron chi connectivity index (χ1n) is 6.52. The lowest BCUT2D eigenvalue weighted by Crippen LogP contribution is -2.40. The quantitative estimate of drug-likeness (QED) is 0.800. The number of carbonyl (C=O) groups excluding carboxylic acids is 2. The topological polar surface area (TPSA) is 83.9 Å². The fourth-order valence-electron chi connectivity index (χ4n) is 1.73. The molecule has 0 fully saturated rings. The number of hydrogen-bond donors (Lipinski definition) is 1. The van der Waals surface area contributed by atoms with Crippen LogP contribution in [-0.2, 0) is 20.7 Å². The first-order valence-corrected chi connectivity index (χ1v) is 6.52. The summed E-state index contributed by atoms with van der Waals surface area (Å²) in [7, 11) is 2.79. The maximum atomic E-state index is 11.9. The van der Waals surface area contributed by atoms with Crippen molar-refractivity contribution >= 4 is 17.8 Å². The average Bonchev–Trinajstić information content (AvgIpc) is 2.50. The van der Waals surface area contributed by atoms with Crippen LogP contribution in [0.4, 0.5) is 0 Å². The zero-order valence-electron chi connectivity index (χ0n) is 12.3. The Morgan fingerprint density at radius 2 is 1.81 bits per heavy atom. The molecule has 0 heterocycles. The van der Waals surface area contributed by atoms with Gasteiger partial charge in [0.05, 0.1) is 12.7 Å². The Balaban J connectivity index is 2.57. The molecule has 1 aromatic carbocycles. The van der Waals surface area contributed by atoms with Crippen LogP contribution in [0.25, 0.3) is 0 Å². The van der Waals surface area contributed by atoms with E-state index < -0.39 is 18.0 Å². The number of nitrogens with zero attached hydrogens (tertiary/aromatic N) is 1. The molecule has 6 nitrogen and oxygen atoms in total. The van der Waals surface area contributed by atoms with Crippen molar-refractivity contribution in [2.75, 3.05) is 14.2 Å². The zero-order valence-corrected chi connectivity index (χ0v) is 12.3. The third-order valence-electron chi connectivity index (χ3n) is 3.33. The van der Waals surface area contributed by atoms with E-state index >= 15 is 0 Å². The number of hydrogen-bond acceptors (Lipinski definition) is 4. The van der Waals surface area contributed by atoms with Gasteiger partial charge in [-0.05, 0) is 31.0 Å². The van der Waals surface area contributed by atoms with E-state index in [-0.39, 0.29) is 12.3 Å². The van der Waals surface area contributed by atoms with Gasteiger partial charge in [-0.15, -0.1) is 0 Å². The predicted molar refractivity (Wildman–Crippen MR) is 76.0 cm³/mol. The summed E-state index contributed by atoms with van der Waals surface area (Å²) in [6.07, 6.45) is 0.697. The van der Waals surface area contributed by atoms with E-state index in [9.17, 15) is 14.4 Å². The van der Waals surface area contributed by atoms with Crippen LogP contribution in [0.1, 0.15) is 29.3 Å². The fraction of sp³-hybridized carbons (Fsp3) is 0.400. The van der Waals surface area contributed by atoms with E-state index in [4.69, 9.17) is 5.11 Å². The van der Waals surface area contributed by atoms with Gasteiger partial charge in [0.1, 0.15) is 6.04 Å². The predicted octanol–water partition coefficient (Wildman–Crippen LogP) is 1.34. The number of rotatable bonds is 6. The van der Waals surface area contributed by atoms with Gasteiger partial charge in [-0.2, -0.15) is 0 Å². The van der Waals surface area contributed by atoms with Gasteiger partial charge < -0.3 is 14.7 Å². The molecule has 1 amide bonds. The molecule has 114 valence electrons. The number of amides is 1. The molecule has 1 unspecified atom stereocenters. The number of esters is 1. The molecule has 1 rings (SSSR count). The Labute approximate surface area is 123 Å². The molecule has 21 heavy (non-hydrogen) atoms. The van der Waals surface area contributed by atoms with Gasteiger partial charge in [0.15, 0.2) is 0 Å². The molecule has 0 aliphatic heterocycles. The number of aliphatic carboxylic acids is 1. The van der Waals surface area contributed by atoms with Crippen molar-refractivity contribution in [3.8, 4) is 0 Å². The van der Waals surface area contributed by atoms with E-state index in [1.807, 2.05) is 0 Å². The van der Waals surface area contributed by atoms with E-state index in [1.165, 1.54) is 26.0 Å². The Morgan fingerprint density at radius 1 is 1.24 bits per heavy atom. The normalized spacial score (nSPS) is 11.6. The minimum absolute atomic E-state index is 0.214. The van der Waals surface area contributed by atoms with Crippen molar-refractivity contribution in [1.82, 2.24) is 4.90 Å². The Bertz CT molecular complexity index is 523. The number of methoxy groups -OCH3 is 1. The summed E-state index contributed by atoms with van der Waals surface area (Å²) in [4.78, 5) is 35.2. The van der Waals surface area contributed by atoms with Crippen LogP contribution in [0.5, 0.6) is 0 Å². The zero-order chi connectivity index (χ0) is 16.0. The molecule has 0 spiro atoms. The van der Waals surface area contributed by atoms with Crippen LogP contribution in [0.15, 0.2) is 24.3 Å². The number of likely N-dealkylation sites (N-methyl/N-ethyl adjacent to an activating group) is 1. The second-order valence-electron chi connectivity index (χ2n) is 4.71. The molecule has 6 heteroatoms. The van der Waals surface area contributed by atoms with Crippen molar-refractivity contribution in [1.29, 1.82) is 0 Å². The summed E-state index contributed by atoms with van der Waals surface area (Å²) in [5.74, 6) is -1.68. The summed E-state index contributed by atoms with van der Waals surface area (Å²) >= 11 is 0. The Morgan fingerprint density at radius 3 is 2.29 bits per heavy atom. The molecule has 1 aromatic rings. The number of carboxylic acids is 1. The first-order chi connectivity index (χ1) is 9.86. The van der Waals surface area contributed by atoms with Gasteiger partial charge >= 0.3 is 11.9 Å². The number of aryl methyl sites for hydroxylation is 1. The third kappa shape index (κ3) is 4.59. The molecule has 1 N–H and O–H groups in total. The molecule has 0 aromatic heterocycles. The van der Waals surface area contributed by atoms with Crippen LogP contribution in [0.2, 0.25) is 0 Å². The summed E-state index contributed by atoms with van der Waals surface area (Å²) in [5, 5.41) is 8.85. The molecular formula is C15H19NO5. The molecule has 0 saturated heterocycles. The highest BCUT2D eigenvalue weighted by Gasteiger charge is 2.21. The number of carboxylic acid groups (broad SMARTS) is 1. The minimum atomic E-state index is -1.03. The van der Waals surface area contributed by atoms with Gasteiger partial charge in [-0.25, -0.2) is 9.59 Å². The van der Waals surface area contributed by atoms with Crippen LogP contribution >= 0.6 is 0 Å². The van der Waals surface area contributed by atoms with Gasteiger partial charge in [0.25, 0.3) is 0 Å². The molecule has 0 aliphatic rings. The van der Waals surface area contributed by atoms with Crippen LogP contribution in [0.3, 0.4) is 0 Å². The lowest BCUT2D eigenvalue weighted by atomic mass is 10.1. The summed E-state index contributed by atoms with van der Waals surface area (Å²) in [5.41, 5.74) is 1.34. The Kier molecular flexibility index (Phi) is 5.90. The van der Waals surface area contributed by atoms with Gasteiger partial charge in [0.2, 0.25) is 5.91 Å². The fourth-order valence-corrected chi connectivity index (χ4v) is 1.73. The smallest absolute Gasteiger partial charge is 0.337 e. The standard InChI is InChI=1S/C15H19NO5/c1-10(14(18)19)16(2)13(17)9-6-11-4-7-12(8-5-11)15(20)21-3/h4-5,7-8,10H,6,9H2,1-3H3,(H,18,19). The van der Waals surface area contributed by atoms with Crippen molar-refractivity contribution in [2.24, 2.45) is 0 Å². The molecule has 0 saturated carbocycles. The largest absolute Gasteiger partial charge is 0.480 e. The Hall–Kier alpha value is -2.37.